The zero-order valence-electron chi connectivity index (χ0n) is 21.3. The molecule has 0 radical (unpaired) electrons. The van der Waals surface area contributed by atoms with Gasteiger partial charge in [-0.1, -0.05) is 18.2 Å². The van der Waals surface area contributed by atoms with Gasteiger partial charge in [0.15, 0.2) is 11.6 Å². The van der Waals surface area contributed by atoms with Gasteiger partial charge in [-0.15, -0.1) is 0 Å². The Hall–Kier alpha value is -4.26. The van der Waals surface area contributed by atoms with Gasteiger partial charge in [0.05, 0.1) is 37.0 Å². The Morgan fingerprint density at radius 1 is 0.947 bits per heavy atom. The van der Waals surface area contributed by atoms with Gasteiger partial charge in [-0.2, -0.15) is 0 Å². The SMILES string of the molecule is CN[C@@H](C)C(=O)Nc1cccc(N(c2nc3ccccc3nc2Nc2cc(OC)cc(OC)c2)S(=O)O)c1. The minimum atomic E-state index is -2.54. The van der Waals surface area contributed by atoms with Crippen molar-refractivity contribution in [3.63, 3.8) is 0 Å². The summed E-state index contributed by atoms with van der Waals surface area (Å²) in [4.78, 5) is 21.8. The highest BCUT2D eigenvalue weighted by molar-refractivity contribution is 7.81. The molecule has 0 spiro atoms. The lowest BCUT2D eigenvalue weighted by atomic mass is 10.2. The number of likely N-dealkylation sites (N-methyl/N-ethyl adjacent to an activating group) is 1. The van der Waals surface area contributed by atoms with Gasteiger partial charge < -0.3 is 25.4 Å². The van der Waals surface area contributed by atoms with E-state index in [1.807, 2.05) is 6.07 Å². The molecule has 3 aromatic carbocycles. The van der Waals surface area contributed by atoms with Crippen molar-refractivity contribution in [3.8, 4) is 11.5 Å². The Labute approximate surface area is 222 Å². The molecule has 38 heavy (non-hydrogen) atoms. The lowest BCUT2D eigenvalue weighted by Crippen LogP contribution is -2.35. The van der Waals surface area contributed by atoms with Crippen molar-refractivity contribution in [2.24, 2.45) is 0 Å². The van der Waals surface area contributed by atoms with Crippen LogP contribution in [0.4, 0.5) is 28.7 Å². The average molecular weight is 537 g/mol. The summed E-state index contributed by atoms with van der Waals surface area (Å²) in [6.45, 7) is 1.73. The van der Waals surface area contributed by atoms with E-state index in [1.54, 1.807) is 88.9 Å². The molecule has 198 valence electrons. The van der Waals surface area contributed by atoms with Crippen molar-refractivity contribution >= 4 is 56.9 Å². The van der Waals surface area contributed by atoms with E-state index in [0.29, 0.717) is 39.6 Å². The van der Waals surface area contributed by atoms with Crippen molar-refractivity contribution in [2.75, 3.05) is 36.2 Å². The first kappa shape index (κ1) is 26.8. The summed E-state index contributed by atoms with van der Waals surface area (Å²) in [6.07, 6.45) is 0. The number of rotatable bonds is 10. The maximum Gasteiger partial charge on any atom is 0.268 e. The maximum atomic E-state index is 12.7. The molecule has 0 aliphatic rings. The zero-order valence-corrected chi connectivity index (χ0v) is 22.1. The lowest BCUT2D eigenvalue weighted by molar-refractivity contribution is -0.117. The molecule has 1 heterocycles. The number of hydrogen-bond donors (Lipinski definition) is 4. The number of benzene rings is 3. The Balaban J connectivity index is 1.82. The number of hydrogen-bond acceptors (Lipinski definition) is 8. The van der Waals surface area contributed by atoms with Crippen molar-refractivity contribution in [2.45, 2.75) is 13.0 Å². The molecule has 1 unspecified atom stereocenters. The summed E-state index contributed by atoms with van der Waals surface area (Å²) in [5, 5.41) is 8.86. The van der Waals surface area contributed by atoms with Crippen LogP contribution in [0.2, 0.25) is 0 Å². The quantitative estimate of drug-likeness (QED) is 0.220. The first-order chi connectivity index (χ1) is 18.3. The number of aromatic nitrogens is 2. The number of para-hydroxylation sites is 2. The zero-order chi connectivity index (χ0) is 27.2. The number of nitrogens with zero attached hydrogens (tertiary/aromatic N) is 3. The highest BCUT2D eigenvalue weighted by atomic mass is 32.2. The third kappa shape index (κ3) is 5.99. The molecule has 11 nitrogen and oxygen atoms in total. The fourth-order valence-corrected chi connectivity index (χ4v) is 4.18. The van der Waals surface area contributed by atoms with Gasteiger partial charge in [0.1, 0.15) is 11.5 Å². The van der Waals surface area contributed by atoms with Crippen molar-refractivity contribution in [1.29, 1.82) is 0 Å². The van der Waals surface area contributed by atoms with Crippen LogP contribution in [0.15, 0.2) is 66.7 Å². The molecule has 0 saturated carbocycles. The highest BCUT2D eigenvalue weighted by Gasteiger charge is 2.24. The first-order valence-electron chi connectivity index (χ1n) is 11.6. The summed E-state index contributed by atoms with van der Waals surface area (Å²) in [7, 11) is 4.77. The lowest BCUT2D eigenvalue weighted by Gasteiger charge is -2.23. The number of anilines is 5. The number of fused-ring (bicyclic) bond motifs is 1. The van der Waals surface area contributed by atoms with Gasteiger partial charge in [0.2, 0.25) is 5.91 Å². The number of methoxy groups -OCH3 is 2. The molecule has 0 fully saturated rings. The Morgan fingerprint density at radius 3 is 2.21 bits per heavy atom. The Morgan fingerprint density at radius 2 is 1.61 bits per heavy atom. The second-order valence-corrected chi connectivity index (χ2v) is 9.01. The molecule has 0 aliphatic heterocycles. The van der Waals surface area contributed by atoms with E-state index in [2.05, 4.69) is 20.9 Å². The average Bonchev–Trinajstić information content (AvgIpc) is 2.92. The molecule has 4 rings (SSSR count). The van der Waals surface area contributed by atoms with Crippen LogP contribution >= 0.6 is 0 Å². The van der Waals surface area contributed by atoms with E-state index < -0.39 is 17.3 Å². The molecule has 4 aromatic rings. The highest BCUT2D eigenvalue weighted by Crippen LogP contribution is 2.36. The topological polar surface area (TPSA) is 138 Å². The van der Waals surface area contributed by atoms with Crippen molar-refractivity contribution in [3.05, 3.63) is 66.7 Å². The number of ether oxygens (including phenoxy) is 2. The number of nitrogens with one attached hydrogen (secondary N) is 3. The summed E-state index contributed by atoms with van der Waals surface area (Å²) in [5.41, 5.74) is 2.44. The molecule has 0 saturated heterocycles. The van der Waals surface area contributed by atoms with E-state index in [1.165, 1.54) is 0 Å². The smallest absolute Gasteiger partial charge is 0.268 e. The van der Waals surface area contributed by atoms with Gasteiger partial charge in [-0.05, 0) is 44.3 Å². The van der Waals surface area contributed by atoms with Crippen LogP contribution in [0.3, 0.4) is 0 Å². The first-order valence-corrected chi connectivity index (χ1v) is 12.7. The van der Waals surface area contributed by atoms with E-state index >= 15 is 0 Å². The Kier molecular flexibility index (Phi) is 8.36. The molecule has 2 atom stereocenters. The van der Waals surface area contributed by atoms with Gasteiger partial charge in [0.25, 0.3) is 11.3 Å². The minimum Gasteiger partial charge on any atom is -0.497 e. The molecule has 4 N–H and O–H groups in total. The largest absolute Gasteiger partial charge is 0.497 e. The van der Waals surface area contributed by atoms with Gasteiger partial charge in [-0.25, -0.2) is 18.5 Å². The molecule has 0 aliphatic carbocycles. The molecule has 1 aromatic heterocycles. The third-order valence-electron chi connectivity index (χ3n) is 5.69. The third-order valence-corrected chi connectivity index (χ3v) is 6.39. The fourth-order valence-electron chi connectivity index (χ4n) is 3.61. The van der Waals surface area contributed by atoms with Crippen LogP contribution in [0.1, 0.15) is 6.92 Å². The fraction of sp³-hybridized carbons (Fsp3) is 0.192. The van der Waals surface area contributed by atoms with Crippen LogP contribution in [0.5, 0.6) is 11.5 Å². The van der Waals surface area contributed by atoms with Crippen LogP contribution < -0.4 is 29.7 Å². The van der Waals surface area contributed by atoms with Crippen LogP contribution in [0, 0.1) is 0 Å². The van der Waals surface area contributed by atoms with Crippen LogP contribution in [-0.4, -0.2) is 51.9 Å². The number of carbonyl (C=O) groups excluding carboxylic acids is 1. The monoisotopic (exact) mass is 536 g/mol. The standard InChI is InChI=1S/C26H28N6O5S/c1-16(27-2)26(33)29-17-8-7-9-19(12-17)32(38(34)35)25-24(30-22-10-5-6-11-23(22)31-25)28-18-13-20(36-3)15-21(14-18)37-4/h5-16,27H,1-4H3,(H,28,30)(H,29,33)(H,34,35)/t16-/m0/s1. The summed E-state index contributed by atoms with van der Waals surface area (Å²) < 4.78 is 35.0. The molecule has 0 bridgehead atoms. The summed E-state index contributed by atoms with van der Waals surface area (Å²) in [5.74, 6) is 1.16. The predicted octanol–water partition coefficient (Wildman–Crippen LogP) is 4.21. The second-order valence-electron chi connectivity index (χ2n) is 8.19. The van der Waals surface area contributed by atoms with Crippen LogP contribution in [-0.2, 0) is 16.1 Å². The molecule has 1 amide bonds. The van der Waals surface area contributed by atoms with Crippen molar-refractivity contribution < 1.29 is 23.0 Å². The summed E-state index contributed by atoms with van der Waals surface area (Å²) in [6, 6.07) is 18.6. The van der Waals surface area contributed by atoms with E-state index in [4.69, 9.17) is 14.5 Å². The van der Waals surface area contributed by atoms with E-state index in [0.717, 1.165) is 4.31 Å². The van der Waals surface area contributed by atoms with Crippen molar-refractivity contribution in [1.82, 2.24) is 15.3 Å². The molecular weight excluding hydrogens is 508 g/mol. The number of carbonyl (C=O) groups is 1. The second kappa shape index (κ2) is 11.9. The summed E-state index contributed by atoms with van der Waals surface area (Å²) >= 11 is -2.54. The minimum absolute atomic E-state index is 0.0957. The van der Waals surface area contributed by atoms with Gasteiger partial charge >= 0.3 is 0 Å². The van der Waals surface area contributed by atoms with E-state index in [-0.39, 0.29) is 17.5 Å². The maximum absolute atomic E-state index is 12.7. The van der Waals surface area contributed by atoms with Gasteiger partial charge in [0, 0.05) is 29.6 Å². The van der Waals surface area contributed by atoms with Crippen LogP contribution in [0.25, 0.3) is 11.0 Å². The molecular formula is C26H28N6O5S. The van der Waals surface area contributed by atoms with Gasteiger partial charge in [-0.3, -0.25) is 9.35 Å². The Bertz CT molecular complexity index is 1460. The van der Waals surface area contributed by atoms with E-state index in [9.17, 15) is 13.6 Å². The predicted molar refractivity (Wildman–Crippen MR) is 149 cm³/mol. The normalized spacial score (nSPS) is 12.4. The molecule has 12 heteroatoms. The number of amides is 1.